The van der Waals surface area contributed by atoms with E-state index in [4.69, 9.17) is 9.84 Å². The van der Waals surface area contributed by atoms with Crippen LogP contribution in [0, 0.1) is 5.92 Å². The van der Waals surface area contributed by atoms with Crippen molar-refractivity contribution in [2.24, 2.45) is 5.92 Å². The number of ether oxygens (including phenoxy) is 1. The van der Waals surface area contributed by atoms with Gasteiger partial charge in [0.25, 0.3) is 0 Å². The molecule has 0 spiro atoms. The van der Waals surface area contributed by atoms with Crippen LogP contribution in [0.4, 0.5) is 0 Å². The van der Waals surface area contributed by atoms with Gasteiger partial charge in [-0.2, -0.15) is 0 Å². The number of epoxide rings is 1. The number of carboxylic acids is 1. The van der Waals surface area contributed by atoms with Gasteiger partial charge in [0, 0.05) is 0 Å². The Morgan fingerprint density at radius 3 is 2.85 bits per heavy atom. The lowest BCUT2D eigenvalue weighted by Gasteiger charge is -2.22. The van der Waals surface area contributed by atoms with E-state index in [9.17, 15) is 4.79 Å². The molecule has 72 valence electrons. The summed E-state index contributed by atoms with van der Waals surface area (Å²) in [7, 11) is 0. The van der Waals surface area contributed by atoms with Crippen LogP contribution in [0.2, 0.25) is 0 Å². The highest BCUT2D eigenvalue weighted by molar-refractivity contribution is 5.81. The minimum Gasteiger partial charge on any atom is -0.479 e. The number of carbonyl (C=O) groups is 1. The summed E-state index contributed by atoms with van der Waals surface area (Å²) in [5.41, 5.74) is 0.334. The third-order valence-corrected chi connectivity index (χ3v) is 3.24. The molecule has 3 heteroatoms. The summed E-state index contributed by atoms with van der Waals surface area (Å²) in [5.74, 6) is -0.336. The van der Waals surface area contributed by atoms with E-state index in [1.165, 1.54) is 0 Å². The normalized spacial score (nSPS) is 42.2. The molecule has 1 unspecified atom stereocenters. The molecule has 13 heavy (non-hydrogen) atoms. The smallest absolute Gasteiger partial charge is 0.338 e. The number of fused-ring (bicyclic) bond motifs is 1. The molecule has 0 aromatic carbocycles. The first-order chi connectivity index (χ1) is 6.06. The van der Waals surface area contributed by atoms with Crippen LogP contribution in [0.3, 0.4) is 0 Å². The Balaban J connectivity index is 2.03. The Kier molecular flexibility index (Phi) is 1.74. The van der Waals surface area contributed by atoms with E-state index >= 15 is 0 Å². The first-order valence-corrected chi connectivity index (χ1v) is 4.63. The fraction of sp³-hybridized carbons (Fsp3) is 0.700. The number of aliphatic carboxylic acids is 1. The van der Waals surface area contributed by atoms with Gasteiger partial charge >= 0.3 is 5.97 Å². The van der Waals surface area contributed by atoms with Crippen LogP contribution in [0.25, 0.3) is 0 Å². The zero-order chi connectivity index (χ0) is 9.64. The molecule has 1 heterocycles. The van der Waals surface area contributed by atoms with Gasteiger partial charge in [0.2, 0.25) is 0 Å². The van der Waals surface area contributed by atoms with Crippen molar-refractivity contribution in [2.75, 3.05) is 0 Å². The van der Waals surface area contributed by atoms with Crippen LogP contribution in [0.5, 0.6) is 0 Å². The Hall–Kier alpha value is -0.830. The van der Waals surface area contributed by atoms with Gasteiger partial charge in [0.05, 0.1) is 6.10 Å². The molecule has 0 amide bonds. The third kappa shape index (κ3) is 1.18. The van der Waals surface area contributed by atoms with E-state index in [-0.39, 0.29) is 6.10 Å². The summed E-state index contributed by atoms with van der Waals surface area (Å²) in [4.78, 5) is 10.8. The van der Waals surface area contributed by atoms with Crippen molar-refractivity contribution in [2.45, 2.75) is 37.9 Å². The van der Waals surface area contributed by atoms with Gasteiger partial charge in [0.15, 0.2) is 5.60 Å². The van der Waals surface area contributed by atoms with Crippen molar-refractivity contribution in [3.05, 3.63) is 12.2 Å². The lowest BCUT2D eigenvalue weighted by Crippen LogP contribution is -2.32. The molecule has 1 saturated carbocycles. The topological polar surface area (TPSA) is 49.8 Å². The van der Waals surface area contributed by atoms with Crippen LogP contribution in [-0.4, -0.2) is 22.8 Å². The molecule has 3 nitrogen and oxygen atoms in total. The van der Waals surface area contributed by atoms with E-state index in [1.807, 2.05) is 6.92 Å². The summed E-state index contributed by atoms with van der Waals surface area (Å²) < 4.78 is 5.27. The second kappa shape index (κ2) is 2.58. The SMILES string of the molecule is C=C(C)[C@@H]1CC[C@@]2(C(=O)O)OC2C1. The Bertz CT molecular complexity index is 271. The van der Waals surface area contributed by atoms with Crippen molar-refractivity contribution in [1.82, 2.24) is 0 Å². The number of hydrogen-bond donors (Lipinski definition) is 1. The van der Waals surface area contributed by atoms with Crippen molar-refractivity contribution >= 4 is 5.97 Å². The molecule has 1 aliphatic carbocycles. The minimum absolute atomic E-state index is 0.0551. The van der Waals surface area contributed by atoms with Gasteiger partial charge in [-0.15, -0.1) is 0 Å². The summed E-state index contributed by atoms with van der Waals surface area (Å²) in [6, 6.07) is 0. The van der Waals surface area contributed by atoms with Gasteiger partial charge in [-0.1, -0.05) is 12.2 Å². The van der Waals surface area contributed by atoms with E-state index in [1.54, 1.807) is 0 Å². The predicted molar refractivity (Wildman–Crippen MR) is 47.4 cm³/mol. The van der Waals surface area contributed by atoms with Gasteiger partial charge in [0.1, 0.15) is 0 Å². The molecule has 0 aromatic rings. The number of hydrogen-bond acceptors (Lipinski definition) is 2. The first-order valence-electron chi connectivity index (χ1n) is 4.63. The van der Waals surface area contributed by atoms with Gasteiger partial charge in [-0.05, 0) is 32.1 Å². The lowest BCUT2D eigenvalue weighted by molar-refractivity contribution is -0.143. The van der Waals surface area contributed by atoms with Gasteiger partial charge in [-0.3, -0.25) is 0 Å². The molecule has 0 radical (unpaired) electrons. The second-order valence-electron chi connectivity index (χ2n) is 4.12. The average Bonchev–Trinajstić information content (AvgIpc) is 2.77. The molecule has 1 saturated heterocycles. The van der Waals surface area contributed by atoms with Crippen LogP contribution in [0.15, 0.2) is 12.2 Å². The lowest BCUT2D eigenvalue weighted by atomic mass is 9.79. The summed E-state index contributed by atoms with van der Waals surface area (Å²) >= 11 is 0. The zero-order valence-corrected chi connectivity index (χ0v) is 7.75. The molecule has 2 fully saturated rings. The van der Waals surface area contributed by atoms with Crippen LogP contribution >= 0.6 is 0 Å². The zero-order valence-electron chi connectivity index (χ0n) is 7.75. The highest BCUT2D eigenvalue weighted by Gasteiger charge is 2.64. The maximum Gasteiger partial charge on any atom is 0.338 e. The third-order valence-electron chi connectivity index (χ3n) is 3.24. The molecular formula is C10H14O3. The van der Waals surface area contributed by atoms with Crippen molar-refractivity contribution < 1.29 is 14.6 Å². The molecule has 1 aliphatic heterocycles. The van der Waals surface area contributed by atoms with E-state index in [0.717, 1.165) is 18.4 Å². The summed E-state index contributed by atoms with van der Waals surface area (Å²) in [6.45, 7) is 5.90. The molecule has 0 bridgehead atoms. The maximum absolute atomic E-state index is 10.8. The van der Waals surface area contributed by atoms with E-state index < -0.39 is 11.6 Å². The van der Waals surface area contributed by atoms with E-state index in [0.29, 0.717) is 12.3 Å². The van der Waals surface area contributed by atoms with Gasteiger partial charge < -0.3 is 9.84 Å². The standard InChI is InChI=1S/C10H14O3/c1-6(2)7-3-4-10(9(11)12)8(5-7)13-10/h7-8H,1,3-5H2,2H3,(H,11,12)/t7-,8?,10-/m1/s1. The van der Waals surface area contributed by atoms with Crippen molar-refractivity contribution in [3.8, 4) is 0 Å². The summed E-state index contributed by atoms with van der Waals surface area (Å²) in [5, 5.41) is 8.92. The maximum atomic E-state index is 10.8. The number of rotatable bonds is 2. The van der Waals surface area contributed by atoms with Crippen LogP contribution in [-0.2, 0) is 9.53 Å². The molecular weight excluding hydrogens is 168 g/mol. The highest BCUT2D eigenvalue weighted by Crippen LogP contribution is 2.50. The first kappa shape index (κ1) is 8.75. The Labute approximate surface area is 77.4 Å². The molecule has 1 N–H and O–H groups in total. The second-order valence-corrected chi connectivity index (χ2v) is 4.12. The number of carboxylic acid groups (broad SMARTS) is 1. The molecule has 2 aliphatic rings. The van der Waals surface area contributed by atoms with Crippen LogP contribution in [0.1, 0.15) is 26.2 Å². The van der Waals surface area contributed by atoms with E-state index in [2.05, 4.69) is 6.58 Å². The summed E-state index contributed by atoms with van der Waals surface area (Å²) in [6.07, 6.45) is 2.32. The van der Waals surface area contributed by atoms with Crippen molar-refractivity contribution in [1.29, 1.82) is 0 Å². The minimum atomic E-state index is -0.814. The predicted octanol–water partition coefficient (Wildman–Crippen LogP) is 1.58. The Morgan fingerprint density at radius 1 is 1.69 bits per heavy atom. The van der Waals surface area contributed by atoms with Crippen LogP contribution < -0.4 is 0 Å². The Morgan fingerprint density at radius 2 is 2.38 bits per heavy atom. The van der Waals surface area contributed by atoms with Gasteiger partial charge in [-0.25, -0.2) is 4.79 Å². The molecule has 3 atom stereocenters. The average molecular weight is 182 g/mol. The number of allylic oxidation sites excluding steroid dienone is 1. The fourth-order valence-corrected chi connectivity index (χ4v) is 2.19. The largest absolute Gasteiger partial charge is 0.479 e. The molecule has 2 rings (SSSR count). The quantitative estimate of drug-likeness (QED) is 0.521. The highest BCUT2D eigenvalue weighted by atomic mass is 16.6. The monoisotopic (exact) mass is 182 g/mol. The fourth-order valence-electron chi connectivity index (χ4n) is 2.19. The van der Waals surface area contributed by atoms with Crippen molar-refractivity contribution in [3.63, 3.8) is 0 Å². The molecule has 0 aromatic heterocycles.